The lowest BCUT2D eigenvalue weighted by molar-refractivity contribution is -0.732. The lowest BCUT2D eigenvalue weighted by atomic mass is 10.1. The zero-order valence-electron chi connectivity index (χ0n) is 17.9. The van der Waals surface area contributed by atoms with Crippen molar-refractivity contribution in [3.05, 3.63) is 89.2 Å². The van der Waals surface area contributed by atoms with Crippen LogP contribution in [0.15, 0.2) is 71.7 Å². The number of methoxy groups -OCH3 is 1. The third kappa shape index (κ3) is 3.92. The van der Waals surface area contributed by atoms with Crippen LogP contribution in [0.5, 0.6) is 0 Å². The Morgan fingerprint density at radius 3 is 2.43 bits per heavy atom. The summed E-state index contributed by atoms with van der Waals surface area (Å²) in [5.74, 6) is 0.606. The molecule has 0 radical (unpaired) electrons. The second-order valence-electron chi connectivity index (χ2n) is 7.43. The Hall–Kier alpha value is -3.60. The molecule has 1 aromatic heterocycles. The van der Waals surface area contributed by atoms with Gasteiger partial charge < -0.3 is 10.1 Å². The van der Waals surface area contributed by atoms with E-state index in [0.717, 1.165) is 34.9 Å². The first kappa shape index (κ1) is 19.7. The fraction of sp³-hybridized carbons (Fsp3) is 0.200. The maximum Gasteiger partial charge on any atom is 0.230 e. The highest BCUT2D eigenvalue weighted by Gasteiger charge is 2.17. The van der Waals surface area contributed by atoms with E-state index in [1.807, 2.05) is 25.6 Å². The van der Waals surface area contributed by atoms with Gasteiger partial charge in [0.2, 0.25) is 11.6 Å². The molecule has 5 heteroatoms. The van der Waals surface area contributed by atoms with Crippen molar-refractivity contribution in [1.82, 2.24) is 5.10 Å². The van der Waals surface area contributed by atoms with E-state index in [0.29, 0.717) is 5.90 Å². The van der Waals surface area contributed by atoms with E-state index in [4.69, 9.17) is 9.73 Å². The SMILES string of the molecule is COC(=Nc1c(C)[nH][n+](C)c1C)c1ccc(CNc2cccc3ccccc23)cc1. The van der Waals surface area contributed by atoms with E-state index < -0.39 is 0 Å². The highest BCUT2D eigenvalue weighted by atomic mass is 16.5. The number of anilines is 1. The van der Waals surface area contributed by atoms with Gasteiger partial charge >= 0.3 is 0 Å². The smallest absolute Gasteiger partial charge is 0.230 e. The normalized spacial score (nSPS) is 11.7. The lowest BCUT2D eigenvalue weighted by Gasteiger charge is -2.11. The molecule has 5 nitrogen and oxygen atoms in total. The summed E-state index contributed by atoms with van der Waals surface area (Å²) in [7, 11) is 3.64. The monoisotopic (exact) mass is 399 g/mol. The summed E-state index contributed by atoms with van der Waals surface area (Å²) >= 11 is 0. The first-order valence-electron chi connectivity index (χ1n) is 10.1. The number of rotatable bonds is 5. The number of hydrogen-bond acceptors (Lipinski definition) is 3. The van der Waals surface area contributed by atoms with Gasteiger partial charge in [0.15, 0.2) is 12.7 Å². The van der Waals surface area contributed by atoms with Crippen LogP contribution in [-0.2, 0) is 18.3 Å². The molecule has 0 aliphatic carbocycles. The van der Waals surface area contributed by atoms with Crippen molar-refractivity contribution in [3.63, 3.8) is 0 Å². The molecule has 0 aliphatic heterocycles. The van der Waals surface area contributed by atoms with Gasteiger partial charge in [-0.2, -0.15) is 5.10 Å². The molecule has 0 unspecified atom stereocenters. The summed E-state index contributed by atoms with van der Waals surface area (Å²) in [6.07, 6.45) is 0. The molecule has 30 heavy (non-hydrogen) atoms. The van der Waals surface area contributed by atoms with E-state index in [9.17, 15) is 0 Å². The molecule has 0 saturated heterocycles. The Morgan fingerprint density at radius 1 is 1.00 bits per heavy atom. The minimum Gasteiger partial charge on any atom is -0.481 e. The van der Waals surface area contributed by atoms with Crippen LogP contribution in [0.3, 0.4) is 0 Å². The predicted molar refractivity (Wildman–Crippen MR) is 122 cm³/mol. The minimum atomic E-state index is 0.606. The second-order valence-corrected chi connectivity index (χ2v) is 7.43. The standard InChI is InChI=1S/C25H26N4O/c1-17-24(18(2)29(3)28-17)27-25(30-4)21-14-12-19(13-15-21)16-26-23-11-7-9-20-8-5-6-10-22(20)23/h5-15,26H,16H2,1-4H3/p+1. The third-order valence-electron chi connectivity index (χ3n) is 5.42. The lowest BCUT2D eigenvalue weighted by Crippen LogP contribution is -2.32. The fourth-order valence-electron chi connectivity index (χ4n) is 3.65. The van der Waals surface area contributed by atoms with E-state index >= 15 is 0 Å². The summed E-state index contributed by atoms with van der Waals surface area (Å²) in [5, 5.41) is 9.28. The maximum atomic E-state index is 5.59. The van der Waals surface area contributed by atoms with Crippen LogP contribution in [0, 0.1) is 13.8 Å². The number of nitrogens with zero attached hydrogens (tertiary/aromatic N) is 2. The van der Waals surface area contributed by atoms with Crippen molar-refractivity contribution in [2.75, 3.05) is 12.4 Å². The number of hydrogen-bond donors (Lipinski definition) is 2. The molecule has 152 valence electrons. The van der Waals surface area contributed by atoms with Crippen molar-refractivity contribution in [2.45, 2.75) is 20.4 Å². The Morgan fingerprint density at radius 2 is 1.73 bits per heavy atom. The zero-order valence-corrected chi connectivity index (χ0v) is 17.9. The molecular formula is C25H27N4O+. The first-order chi connectivity index (χ1) is 14.6. The number of ether oxygens (including phenoxy) is 1. The molecule has 0 saturated carbocycles. The molecule has 0 aliphatic rings. The summed E-state index contributed by atoms with van der Waals surface area (Å²) < 4.78 is 7.55. The number of benzene rings is 3. The highest BCUT2D eigenvalue weighted by Crippen LogP contribution is 2.24. The van der Waals surface area contributed by atoms with E-state index in [2.05, 4.69) is 77.1 Å². The van der Waals surface area contributed by atoms with E-state index in [1.54, 1.807) is 7.11 Å². The Labute approximate surface area is 177 Å². The van der Waals surface area contributed by atoms with Crippen molar-refractivity contribution in [1.29, 1.82) is 0 Å². The van der Waals surface area contributed by atoms with Gasteiger partial charge in [0.05, 0.1) is 7.11 Å². The summed E-state index contributed by atoms with van der Waals surface area (Å²) in [4.78, 5) is 4.75. The second kappa shape index (κ2) is 8.41. The number of aliphatic imine (C=N–C) groups is 1. The molecule has 0 atom stereocenters. The minimum absolute atomic E-state index is 0.606. The Bertz CT molecular complexity index is 1200. The average Bonchev–Trinajstić information content (AvgIpc) is 3.02. The Balaban J connectivity index is 1.52. The van der Waals surface area contributed by atoms with Crippen molar-refractivity contribution < 1.29 is 9.42 Å². The van der Waals surface area contributed by atoms with Crippen LogP contribution in [0.1, 0.15) is 22.5 Å². The maximum absolute atomic E-state index is 5.59. The van der Waals surface area contributed by atoms with Gasteiger partial charge in [-0.15, -0.1) is 4.68 Å². The van der Waals surface area contributed by atoms with Gasteiger partial charge in [-0.3, -0.25) is 0 Å². The topological polar surface area (TPSA) is 53.3 Å². The van der Waals surface area contributed by atoms with Gasteiger partial charge in [-0.25, -0.2) is 4.99 Å². The van der Waals surface area contributed by atoms with Crippen LogP contribution in [0.25, 0.3) is 10.8 Å². The number of aryl methyl sites for hydroxylation is 2. The number of aromatic amines is 1. The summed E-state index contributed by atoms with van der Waals surface area (Å²) in [6.45, 7) is 4.80. The molecule has 0 amide bonds. The van der Waals surface area contributed by atoms with Crippen LogP contribution >= 0.6 is 0 Å². The fourth-order valence-corrected chi connectivity index (χ4v) is 3.65. The van der Waals surface area contributed by atoms with Crippen molar-refractivity contribution in [2.24, 2.45) is 12.0 Å². The van der Waals surface area contributed by atoms with Crippen molar-refractivity contribution in [3.8, 4) is 0 Å². The molecule has 0 bridgehead atoms. The van der Waals surface area contributed by atoms with Crippen LogP contribution in [0.2, 0.25) is 0 Å². The van der Waals surface area contributed by atoms with Crippen LogP contribution in [0.4, 0.5) is 11.4 Å². The predicted octanol–water partition coefficient (Wildman–Crippen LogP) is 4.95. The largest absolute Gasteiger partial charge is 0.481 e. The number of aromatic nitrogens is 2. The van der Waals surface area contributed by atoms with E-state index in [1.165, 1.54) is 16.3 Å². The van der Waals surface area contributed by atoms with Crippen molar-refractivity contribution >= 4 is 28.0 Å². The number of fused-ring (bicyclic) bond motifs is 1. The van der Waals surface area contributed by atoms with Crippen LogP contribution < -0.4 is 10.00 Å². The molecular weight excluding hydrogens is 372 g/mol. The molecule has 0 spiro atoms. The third-order valence-corrected chi connectivity index (χ3v) is 5.42. The molecule has 1 heterocycles. The zero-order chi connectivity index (χ0) is 21.1. The van der Waals surface area contributed by atoms with Gasteiger partial charge in [0, 0.05) is 30.1 Å². The van der Waals surface area contributed by atoms with E-state index in [-0.39, 0.29) is 0 Å². The number of H-pyrrole nitrogens is 1. The summed E-state index contributed by atoms with van der Waals surface area (Å²) in [6, 6.07) is 23.1. The Kier molecular flexibility index (Phi) is 5.53. The molecule has 4 rings (SSSR count). The van der Waals surface area contributed by atoms with Gasteiger partial charge in [-0.1, -0.05) is 48.5 Å². The van der Waals surface area contributed by atoms with Gasteiger partial charge in [-0.05, 0) is 36.1 Å². The molecule has 0 fully saturated rings. The number of nitrogens with one attached hydrogen (secondary N) is 2. The first-order valence-corrected chi connectivity index (χ1v) is 10.1. The average molecular weight is 400 g/mol. The molecule has 3 aromatic carbocycles. The van der Waals surface area contributed by atoms with Gasteiger partial charge in [0.25, 0.3) is 0 Å². The van der Waals surface area contributed by atoms with Crippen LogP contribution in [-0.4, -0.2) is 18.1 Å². The molecule has 4 aromatic rings. The summed E-state index contributed by atoms with van der Waals surface area (Å²) in [5.41, 5.74) is 6.29. The quantitative estimate of drug-likeness (QED) is 0.284. The van der Waals surface area contributed by atoms with Gasteiger partial charge in [0.1, 0.15) is 5.69 Å². The molecule has 2 N–H and O–H groups in total. The highest BCUT2D eigenvalue weighted by molar-refractivity contribution is 5.96.